The van der Waals surface area contributed by atoms with E-state index in [9.17, 15) is 14.7 Å². The number of hydrogen-bond donors (Lipinski definition) is 2. The SMILES string of the molecule is CC(N)CC(=O)OC(=O)c1ccccc1O. The summed E-state index contributed by atoms with van der Waals surface area (Å²) >= 11 is 0. The maximum absolute atomic E-state index is 11.4. The number of phenolic OH excluding ortho intramolecular Hbond substituents is 1. The van der Waals surface area contributed by atoms with Crippen molar-refractivity contribution in [3.8, 4) is 5.75 Å². The maximum Gasteiger partial charge on any atom is 0.349 e. The van der Waals surface area contributed by atoms with Crippen molar-refractivity contribution in [2.45, 2.75) is 19.4 Å². The Labute approximate surface area is 92.8 Å². The minimum atomic E-state index is -0.872. The molecule has 1 unspecified atom stereocenters. The Balaban J connectivity index is 2.66. The van der Waals surface area contributed by atoms with Gasteiger partial charge in [0.1, 0.15) is 11.3 Å². The molecule has 0 aromatic heterocycles. The predicted molar refractivity (Wildman–Crippen MR) is 56.8 cm³/mol. The van der Waals surface area contributed by atoms with Crippen molar-refractivity contribution < 1.29 is 19.4 Å². The fourth-order valence-electron chi connectivity index (χ4n) is 1.11. The van der Waals surface area contributed by atoms with E-state index in [1.807, 2.05) is 0 Å². The normalized spacial score (nSPS) is 11.9. The van der Waals surface area contributed by atoms with Gasteiger partial charge in [-0.3, -0.25) is 4.79 Å². The lowest BCUT2D eigenvalue weighted by molar-refractivity contribution is -0.138. The van der Waals surface area contributed by atoms with Crippen molar-refractivity contribution >= 4 is 11.9 Å². The van der Waals surface area contributed by atoms with E-state index in [1.54, 1.807) is 19.1 Å². The number of phenols is 1. The van der Waals surface area contributed by atoms with E-state index in [1.165, 1.54) is 12.1 Å². The number of aromatic hydroxyl groups is 1. The standard InChI is InChI=1S/C11H13NO4/c1-7(12)6-10(14)16-11(15)8-4-2-3-5-9(8)13/h2-5,7,13H,6,12H2,1H3. The summed E-state index contributed by atoms with van der Waals surface area (Å²) in [6, 6.07) is 5.47. The summed E-state index contributed by atoms with van der Waals surface area (Å²) in [4.78, 5) is 22.6. The Bertz CT molecular complexity index is 401. The van der Waals surface area contributed by atoms with Crippen molar-refractivity contribution in [2.75, 3.05) is 0 Å². The van der Waals surface area contributed by atoms with Crippen LogP contribution in [-0.4, -0.2) is 23.1 Å². The van der Waals surface area contributed by atoms with Gasteiger partial charge in [-0.05, 0) is 19.1 Å². The monoisotopic (exact) mass is 223 g/mol. The molecular weight excluding hydrogens is 210 g/mol. The molecule has 0 aliphatic rings. The summed E-state index contributed by atoms with van der Waals surface area (Å²) in [5.41, 5.74) is 5.33. The first-order valence-electron chi connectivity index (χ1n) is 4.79. The van der Waals surface area contributed by atoms with Crippen molar-refractivity contribution in [2.24, 2.45) is 5.73 Å². The lowest BCUT2D eigenvalue weighted by atomic mass is 10.2. The Morgan fingerprint density at radius 1 is 1.44 bits per heavy atom. The van der Waals surface area contributed by atoms with Crippen molar-refractivity contribution in [1.82, 2.24) is 0 Å². The number of ether oxygens (including phenoxy) is 1. The van der Waals surface area contributed by atoms with Crippen LogP contribution in [0.2, 0.25) is 0 Å². The molecule has 0 saturated carbocycles. The van der Waals surface area contributed by atoms with Crippen LogP contribution in [-0.2, 0) is 9.53 Å². The molecule has 0 fully saturated rings. The number of para-hydroxylation sites is 1. The molecule has 0 radical (unpaired) electrons. The fourth-order valence-corrected chi connectivity index (χ4v) is 1.11. The lowest BCUT2D eigenvalue weighted by Crippen LogP contribution is -2.23. The molecule has 5 nitrogen and oxygen atoms in total. The highest BCUT2D eigenvalue weighted by atomic mass is 16.6. The average molecular weight is 223 g/mol. The molecule has 0 heterocycles. The van der Waals surface area contributed by atoms with E-state index in [2.05, 4.69) is 4.74 Å². The molecule has 1 aromatic carbocycles. The molecule has 0 aliphatic carbocycles. The van der Waals surface area contributed by atoms with E-state index in [0.29, 0.717) is 0 Å². The number of carbonyl (C=O) groups is 2. The van der Waals surface area contributed by atoms with Crippen LogP contribution in [0.25, 0.3) is 0 Å². The number of nitrogens with two attached hydrogens (primary N) is 1. The maximum atomic E-state index is 11.4. The van der Waals surface area contributed by atoms with E-state index in [4.69, 9.17) is 5.73 Å². The average Bonchev–Trinajstić information content (AvgIpc) is 2.16. The highest BCUT2D eigenvalue weighted by molar-refractivity contribution is 5.98. The molecule has 16 heavy (non-hydrogen) atoms. The molecule has 0 saturated heterocycles. The van der Waals surface area contributed by atoms with Gasteiger partial charge in [-0.15, -0.1) is 0 Å². The number of esters is 2. The third kappa shape index (κ3) is 3.36. The van der Waals surface area contributed by atoms with Crippen LogP contribution < -0.4 is 5.73 Å². The van der Waals surface area contributed by atoms with Crippen molar-refractivity contribution in [3.63, 3.8) is 0 Å². The number of rotatable bonds is 3. The molecule has 0 spiro atoms. The third-order valence-electron chi connectivity index (χ3n) is 1.82. The van der Waals surface area contributed by atoms with E-state index in [-0.39, 0.29) is 23.8 Å². The Morgan fingerprint density at radius 2 is 2.06 bits per heavy atom. The summed E-state index contributed by atoms with van der Waals surface area (Å²) in [5.74, 6) is -1.80. The first-order valence-corrected chi connectivity index (χ1v) is 4.79. The second-order valence-electron chi connectivity index (χ2n) is 3.46. The highest BCUT2D eigenvalue weighted by Gasteiger charge is 2.16. The molecule has 1 rings (SSSR count). The third-order valence-corrected chi connectivity index (χ3v) is 1.82. The molecule has 5 heteroatoms. The van der Waals surface area contributed by atoms with Crippen LogP contribution in [0.5, 0.6) is 5.75 Å². The number of benzene rings is 1. The van der Waals surface area contributed by atoms with E-state index >= 15 is 0 Å². The smallest absolute Gasteiger partial charge is 0.349 e. The van der Waals surface area contributed by atoms with Gasteiger partial charge in [-0.25, -0.2) is 4.79 Å². The Kier molecular flexibility index (Phi) is 4.02. The molecule has 1 aromatic rings. The van der Waals surface area contributed by atoms with Crippen LogP contribution in [0, 0.1) is 0 Å². The van der Waals surface area contributed by atoms with Gasteiger partial charge in [-0.2, -0.15) is 0 Å². The van der Waals surface area contributed by atoms with Crippen molar-refractivity contribution in [3.05, 3.63) is 29.8 Å². The zero-order valence-electron chi connectivity index (χ0n) is 8.84. The number of hydrogen-bond acceptors (Lipinski definition) is 5. The fraction of sp³-hybridized carbons (Fsp3) is 0.273. The second kappa shape index (κ2) is 5.27. The molecule has 0 bridgehead atoms. The van der Waals surface area contributed by atoms with Gasteiger partial charge >= 0.3 is 11.9 Å². The second-order valence-corrected chi connectivity index (χ2v) is 3.46. The topological polar surface area (TPSA) is 89.6 Å². The summed E-state index contributed by atoms with van der Waals surface area (Å²) in [6.45, 7) is 1.63. The first-order chi connectivity index (χ1) is 7.50. The van der Waals surface area contributed by atoms with Gasteiger partial charge in [-0.1, -0.05) is 12.1 Å². The van der Waals surface area contributed by atoms with Gasteiger partial charge in [0.2, 0.25) is 0 Å². The van der Waals surface area contributed by atoms with Gasteiger partial charge in [0.05, 0.1) is 6.42 Å². The van der Waals surface area contributed by atoms with E-state index < -0.39 is 11.9 Å². The molecule has 1 atom stereocenters. The Hall–Kier alpha value is -1.88. The molecular formula is C11H13NO4. The summed E-state index contributed by atoms with van der Waals surface area (Å²) < 4.78 is 4.51. The quantitative estimate of drug-likeness (QED) is 0.584. The summed E-state index contributed by atoms with van der Waals surface area (Å²) in [7, 11) is 0. The summed E-state index contributed by atoms with van der Waals surface area (Å²) in [6.07, 6.45) is -0.0423. The first kappa shape index (κ1) is 12.2. The molecule has 86 valence electrons. The molecule has 0 aliphatic heterocycles. The van der Waals surface area contributed by atoms with Crippen LogP contribution in [0.3, 0.4) is 0 Å². The van der Waals surface area contributed by atoms with Gasteiger partial charge in [0.25, 0.3) is 0 Å². The predicted octanol–water partition coefficient (Wildman–Crippen LogP) is 0.813. The van der Waals surface area contributed by atoms with Crippen LogP contribution in [0.1, 0.15) is 23.7 Å². The van der Waals surface area contributed by atoms with Crippen molar-refractivity contribution in [1.29, 1.82) is 0 Å². The van der Waals surface area contributed by atoms with Crippen LogP contribution in [0.15, 0.2) is 24.3 Å². The van der Waals surface area contributed by atoms with Gasteiger partial charge < -0.3 is 15.6 Å². The Morgan fingerprint density at radius 3 is 2.62 bits per heavy atom. The lowest BCUT2D eigenvalue weighted by Gasteiger charge is -2.05. The van der Waals surface area contributed by atoms with Gasteiger partial charge in [0, 0.05) is 6.04 Å². The minimum absolute atomic E-state index is 0.0412. The van der Waals surface area contributed by atoms with Crippen LogP contribution >= 0.6 is 0 Å². The largest absolute Gasteiger partial charge is 0.507 e. The minimum Gasteiger partial charge on any atom is -0.507 e. The zero-order valence-corrected chi connectivity index (χ0v) is 8.84. The number of carbonyl (C=O) groups excluding carboxylic acids is 2. The highest BCUT2D eigenvalue weighted by Crippen LogP contribution is 2.16. The van der Waals surface area contributed by atoms with Gasteiger partial charge in [0.15, 0.2) is 0 Å². The molecule has 3 N–H and O–H groups in total. The zero-order chi connectivity index (χ0) is 12.1. The van der Waals surface area contributed by atoms with E-state index in [0.717, 1.165) is 0 Å². The summed E-state index contributed by atoms with van der Waals surface area (Å²) in [5, 5.41) is 9.34. The van der Waals surface area contributed by atoms with Crippen LogP contribution in [0.4, 0.5) is 0 Å². The molecule has 0 amide bonds.